The number of nitrogens with one attached hydrogen (secondary N) is 1. The molecule has 0 atom stereocenters. The molecule has 1 aromatic carbocycles. The van der Waals surface area contributed by atoms with E-state index in [2.05, 4.69) is 4.72 Å². The zero-order valence-corrected chi connectivity index (χ0v) is 15.2. The molecular weight excluding hydrogens is 294 g/mol. The monoisotopic (exact) mass is 321 g/mol. The van der Waals surface area contributed by atoms with Gasteiger partial charge in [-0.05, 0) is 58.3 Å². The molecule has 1 rings (SSSR count). The summed E-state index contributed by atoms with van der Waals surface area (Å²) in [4.78, 5) is 0.327. The molecule has 0 saturated carbocycles. The number of benzene rings is 1. The van der Waals surface area contributed by atoms with Gasteiger partial charge in [0.05, 0.1) is 4.91 Å². The lowest BCUT2D eigenvalue weighted by Gasteiger charge is -2.22. The van der Waals surface area contributed by atoms with Gasteiger partial charge >= 0.3 is 0 Å². The van der Waals surface area contributed by atoms with E-state index in [-0.39, 0.29) is 0 Å². The first-order valence-electron chi connectivity index (χ1n) is 7.55. The number of aryl methyl sites for hydroxylation is 1. The van der Waals surface area contributed by atoms with E-state index in [1.165, 1.54) is 0 Å². The van der Waals surface area contributed by atoms with Crippen LogP contribution in [0.1, 0.15) is 52.2 Å². The van der Waals surface area contributed by atoms with Crippen molar-refractivity contribution in [2.24, 2.45) is 0 Å². The Balaban J connectivity index is 3.42. The Bertz CT molecular complexity index is 660. The zero-order valence-electron chi connectivity index (χ0n) is 14.4. The summed E-state index contributed by atoms with van der Waals surface area (Å²) in [5.41, 5.74) is 2.30. The average Bonchev–Trinajstić information content (AvgIpc) is 2.36. The van der Waals surface area contributed by atoms with Gasteiger partial charge in [-0.25, -0.2) is 13.1 Å². The van der Waals surface area contributed by atoms with Crippen LogP contribution in [0.3, 0.4) is 0 Å². The molecule has 0 amide bonds. The molecule has 3 nitrogen and oxygen atoms in total. The molecule has 122 valence electrons. The SMILES string of the molecule is CC/C=C\C(=C(/C)c1ccc(C)cc1)S(=O)(=O)NC(C)(C)C. The average molecular weight is 321 g/mol. The molecule has 0 aliphatic rings. The number of rotatable bonds is 5. The van der Waals surface area contributed by atoms with Crippen molar-refractivity contribution in [3.8, 4) is 0 Å². The van der Waals surface area contributed by atoms with Gasteiger partial charge in [0.25, 0.3) is 0 Å². The molecule has 0 heterocycles. The van der Waals surface area contributed by atoms with Crippen molar-refractivity contribution in [1.29, 1.82) is 0 Å². The summed E-state index contributed by atoms with van der Waals surface area (Å²) < 4.78 is 28.2. The highest BCUT2D eigenvalue weighted by molar-refractivity contribution is 7.93. The molecule has 0 radical (unpaired) electrons. The molecule has 0 unspecified atom stereocenters. The van der Waals surface area contributed by atoms with Crippen molar-refractivity contribution in [3.63, 3.8) is 0 Å². The molecule has 0 fully saturated rings. The lowest BCUT2D eigenvalue weighted by atomic mass is 10.1. The van der Waals surface area contributed by atoms with Crippen LogP contribution in [-0.4, -0.2) is 14.0 Å². The summed E-state index contributed by atoms with van der Waals surface area (Å²) in [6, 6.07) is 7.89. The Hall–Kier alpha value is -1.39. The van der Waals surface area contributed by atoms with Gasteiger partial charge in [-0.3, -0.25) is 0 Å². The van der Waals surface area contributed by atoms with Crippen LogP contribution in [0.2, 0.25) is 0 Å². The van der Waals surface area contributed by atoms with E-state index in [9.17, 15) is 8.42 Å². The first-order chi connectivity index (χ1) is 10.1. The molecule has 0 bridgehead atoms. The maximum Gasteiger partial charge on any atom is 0.241 e. The van der Waals surface area contributed by atoms with Gasteiger partial charge in [0.15, 0.2) is 0 Å². The van der Waals surface area contributed by atoms with Crippen LogP contribution >= 0.6 is 0 Å². The van der Waals surface area contributed by atoms with E-state index in [0.29, 0.717) is 4.91 Å². The highest BCUT2D eigenvalue weighted by Crippen LogP contribution is 2.24. The number of allylic oxidation sites excluding steroid dienone is 3. The summed E-state index contributed by atoms with van der Waals surface area (Å²) in [6.45, 7) is 11.4. The van der Waals surface area contributed by atoms with Gasteiger partial charge in [0, 0.05) is 5.54 Å². The minimum atomic E-state index is -3.57. The molecule has 0 aliphatic heterocycles. The first kappa shape index (κ1) is 18.7. The fourth-order valence-electron chi connectivity index (χ4n) is 2.04. The topological polar surface area (TPSA) is 46.2 Å². The third-order valence-corrected chi connectivity index (χ3v) is 4.99. The van der Waals surface area contributed by atoms with Crippen molar-refractivity contribution in [2.45, 2.75) is 53.5 Å². The van der Waals surface area contributed by atoms with Crippen molar-refractivity contribution >= 4 is 15.6 Å². The third-order valence-electron chi connectivity index (χ3n) is 3.09. The lowest BCUT2D eigenvalue weighted by molar-refractivity contribution is 0.495. The van der Waals surface area contributed by atoms with Gasteiger partial charge in [0.2, 0.25) is 10.0 Å². The Morgan fingerprint density at radius 1 is 1.18 bits per heavy atom. The first-order valence-corrected chi connectivity index (χ1v) is 9.03. The summed E-state index contributed by atoms with van der Waals surface area (Å²) >= 11 is 0. The normalized spacial score (nSPS) is 14.3. The van der Waals surface area contributed by atoms with Crippen LogP contribution in [0.25, 0.3) is 5.57 Å². The Morgan fingerprint density at radius 2 is 1.73 bits per heavy atom. The van der Waals surface area contributed by atoms with E-state index in [1.54, 1.807) is 6.08 Å². The van der Waals surface area contributed by atoms with Crippen LogP contribution in [0.15, 0.2) is 41.3 Å². The smallest absolute Gasteiger partial charge is 0.207 e. The minimum absolute atomic E-state index is 0.327. The predicted octanol–water partition coefficient (Wildman–Crippen LogP) is 4.41. The zero-order chi connectivity index (χ0) is 17.0. The quantitative estimate of drug-likeness (QED) is 0.817. The largest absolute Gasteiger partial charge is 0.241 e. The summed E-state index contributed by atoms with van der Waals surface area (Å²) in [6.07, 6.45) is 4.36. The second kappa shape index (κ2) is 7.25. The molecule has 22 heavy (non-hydrogen) atoms. The van der Waals surface area contributed by atoms with Crippen LogP contribution in [0.5, 0.6) is 0 Å². The summed E-state index contributed by atoms with van der Waals surface area (Å²) in [7, 11) is -3.57. The molecule has 1 N–H and O–H groups in total. The van der Waals surface area contributed by atoms with Crippen LogP contribution in [-0.2, 0) is 10.0 Å². The second-order valence-corrected chi connectivity index (χ2v) is 8.17. The highest BCUT2D eigenvalue weighted by atomic mass is 32.2. The Labute approximate surface area is 135 Å². The molecule has 4 heteroatoms. The Morgan fingerprint density at radius 3 is 2.18 bits per heavy atom. The van der Waals surface area contributed by atoms with E-state index in [1.807, 2.05) is 71.9 Å². The molecular formula is C18H27NO2S. The van der Waals surface area contributed by atoms with Crippen LogP contribution < -0.4 is 4.72 Å². The maximum absolute atomic E-state index is 12.7. The maximum atomic E-state index is 12.7. The fourth-order valence-corrected chi connectivity index (χ4v) is 3.76. The van der Waals surface area contributed by atoms with Gasteiger partial charge in [-0.15, -0.1) is 0 Å². The van der Waals surface area contributed by atoms with Crippen molar-refractivity contribution < 1.29 is 8.42 Å². The van der Waals surface area contributed by atoms with E-state index in [4.69, 9.17) is 0 Å². The van der Waals surface area contributed by atoms with Crippen LogP contribution in [0, 0.1) is 6.92 Å². The molecule has 0 aliphatic carbocycles. The molecule has 0 aromatic heterocycles. The van der Waals surface area contributed by atoms with Gasteiger partial charge in [-0.1, -0.05) is 42.8 Å². The fraction of sp³-hybridized carbons (Fsp3) is 0.444. The van der Waals surface area contributed by atoms with Crippen molar-refractivity contribution in [3.05, 3.63) is 52.4 Å². The third kappa shape index (κ3) is 5.43. The van der Waals surface area contributed by atoms with E-state index >= 15 is 0 Å². The van der Waals surface area contributed by atoms with E-state index in [0.717, 1.165) is 23.1 Å². The van der Waals surface area contributed by atoms with Crippen molar-refractivity contribution in [1.82, 2.24) is 4.72 Å². The molecule has 1 aromatic rings. The number of hydrogen-bond acceptors (Lipinski definition) is 2. The molecule has 0 spiro atoms. The van der Waals surface area contributed by atoms with Crippen molar-refractivity contribution in [2.75, 3.05) is 0 Å². The standard InChI is InChI=1S/C18H27NO2S/c1-7-8-9-17(22(20,21)19-18(4,5)6)15(3)16-12-10-14(2)11-13-16/h8-13,19H,7H2,1-6H3/b9-8-,17-15-. The minimum Gasteiger partial charge on any atom is -0.207 e. The number of sulfonamides is 1. The van der Waals surface area contributed by atoms with Crippen LogP contribution in [0.4, 0.5) is 0 Å². The Kier molecular flexibility index (Phi) is 6.15. The summed E-state index contributed by atoms with van der Waals surface area (Å²) in [5.74, 6) is 0. The van der Waals surface area contributed by atoms with Gasteiger partial charge < -0.3 is 0 Å². The molecule has 0 saturated heterocycles. The number of hydrogen-bond donors (Lipinski definition) is 1. The predicted molar refractivity (Wildman–Crippen MR) is 95.0 cm³/mol. The van der Waals surface area contributed by atoms with Gasteiger partial charge in [-0.2, -0.15) is 0 Å². The van der Waals surface area contributed by atoms with Gasteiger partial charge in [0.1, 0.15) is 0 Å². The van der Waals surface area contributed by atoms with E-state index < -0.39 is 15.6 Å². The summed E-state index contributed by atoms with van der Waals surface area (Å²) in [5, 5.41) is 0. The second-order valence-electron chi connectivity index (χ2n) is 6.52. The lowest BCUT2D eigenvalue weighted by Crippen LogP contribution is -2.41. The highest BCUT2D eigenvalue weighted by Gasteiger charge is 2.24.